The van der Waals surface area contributed by atoms with Gasteiger partial charge >= 0.3 is 0 Å². The van der Waals surface area contributed by atoms with Gasteiger partial charge in [-0.05, 0) is 43.0 Å². The van der Waals surface area contributed by atoms with E-state index in [1.54, 1.807) is 6.07 Å². The van der Waals surface area contributed by atoms with E-state index in [0.29, 0.717) is 18.2 Å². The van der Waals surface area contributed by atoms with Crippen LogP contribution in [-0.2, 0) is 6.54 Å². The molecule has 1 aromatic rings. The highest BCUT2D eigenvalue weighted by Crippen LogP contribution is 2.29. The van der Waals surface area contributed by atoms with E-state index in [-0.39, 0.29) is 5.82 Å². The predicted octanol–water partition coefficient (Wildman–Crippen LogP) is 2.02. The lowest BCUT2D eigenvalue weighted by atomic mass is 10.1. The minimum Gasteiger partial charge on any atom is -0.309 e. The van der Waals surface area contributed by atoms with E-state index in [2.05, 4.69) is 10.2 Å². The second kappa shape index (κ2) is 5.28. The summed E-state index contributed by atoms with van der Waals surface area (Å²) in [6, 6.07) is 7.84. The Balaban J connectivity index is 1.54. The van der Waals surface area contributed by atoms with E-state index in [1.807, 2.05) is 6.07 Å². The zero-order valence-corrected chi connectivity index (χ0v) is 10.9. The van der Waals surface area contributed by atoms with Crippen molar-refractivity contribution in [1.29, 1.82) is 5.26 Å². The number of halogens is 1. The van der Waals surface area contributed by atoms with Crippen LogP contribution in [-0.4, -0.2) is 30.1 Å². The summed E-state index contributed by atoms with van der Waals surface area (Å²) in [4.78, 5) is 2.55. The van der Waals surface area contributed by atoms with Gasteiger partial charge in [0.2, 0.25) is 0 Å². The Morgan fingerprint density at radius 2 is 2.16 bits per heavy atom. The lowest BCUT2D eigenvalue weighted by Gasteiger charge is -2.15. The van der Waals surface area contributed by atoms with Gasteiger partial charge in [0.15, 0.2) is 0 Å². The molecule has 100 valence electrons. The maximum Gasteiger partial charge on any atom is 0.124 e. The van der Waals surface area contributed by atoms with Crippen LogP contribution in [0.1, 0.15) is 30.4 Å². The van der Waals surface area contributed by atoms with Crippen LogP contribution in [0.5, 0.6) is 0 Å². The molecular weight excluding hydrogens is 241 g/mol. The summed E-state index contributed by atoms with van der Waals surface area (Å²) in [7, 11) is 0. The van der Waals surface area contributed by atoms with Gasteiger partial charge in [-0.1, -0.05) is 0 Å². The van der Waals surface area contributed by atoms with Crippen molar-refractivity contribution in [2.45, 2.75) is 37.9 Å². The Hall–Kier alpha value is -1.44. The molecule has 1 saturated carbocycles. The molecule has 1 unspecified atom stereocenters. The Labute approximate surface area is 113 Å². The molecule has 0 aromatic heterocycles. The molecule has 1 N–H and O–H groups in total. The average Bonchev–Trinajstić information content (AvgIpc) is 3.15. The van der Waals surface area contributed by atoms with Gasteiger partial charge in [-0.3, -0.25) is 4.90 Å². The van der Waals surface area contributed by atoms with Crippen LogP contribution in [0.2, 0.25) is 0 Å². The van der Waals surface area contributed by atoms with E-state index < -0.39 is 0 Å². The molecule has 19 heavy (non-hydrogen) atoms. The molecule has 0 spiro atoms. The number of hydrogen-bond donors (Lipinski definition) is 1. The largest absolute Gasteiger partial charge is 0.309 e. The standard InChI is InChI=1S/C15H18FN3/c16-13-6-11(8-17)5-12(7-13)9-18-14-3-4-19(10-14)15-1-2-15/h5-7,14-15,18H,1-4,9-10H2. The minimum absolute atomic E-state index is 0.332. The number of rotatable bonds is 4. The summed E-state index contributed by atoms with van der Waals surface area (Å²) in [6.07, 6.45) is 3.86. The lowest BCUT2D eigenvalue weighted by molar-refractivity contribution is 0.317. The molecule has 0 bridgehead atoms. The summed E-state index contributed by atoms with van der Waals surface area (Å²) in [5, 5.41) is 12.3. The Bertz CT molecular complexity index is 505. The van der Waals surface area contributed by atoms with Gasteiger partial charge in [-0.2, -0.15) is 5.26 Å². The van der Waals surface area contributed by atoms with E-state index in [1.165, 1.54) is 31.5 Å². The van der Waals surface area contributed by atoms with Crippen molar-refractivity contribution in [3.8, 4) is 6.07 Å². The van der Waals surface area contributed by atoms with E-state index in [4.69, 9.17) is 5.26 Å². The molecule has 3 rings (SSSR count). The highest BCUT2D eigenvalue weighted by Gasteiger charge is 2.33. The summed E-state index contributed by atoms with van der Waals surface area (Å²) in [5.41, 5.74) is 1.24. The fourth-order valence-electron chi connectivity index (χ4n) is 2.80. The Kier molecular flexibility index (Phi) is 3.50. The van der Waals surface area contributed by atoms with Crippen LogP contribution in [0.4, 0.5) is 4.39 Å². The molecule has 1 aliphatic carbocycles. The lowest BCUT2D eigenvalue weighted by Crippen LogP contribution is -2.32. The number of nitriles is 1. The van der Waals surface area contributed by atoms with Gasteiger partial charge in [0.1, 0.15) is 5.82 Å². The van der Waals surface area contributed by atoms with E-state index in [0.717, 1.165) is 24.6 Å². The van der Waals surface area contributed by atoms with Gasteiger partial charge in [-0.15, -0.1) is 0 Å². The maximum atomic E-state index is 13.3. The van der Waals surface area contributed by atoms with Gasteiger partial charge in [0.05, 0.1) is 11.6 Å². The first-order chi connectivity index (χ1) is 9.24. The van der Waals surface area contributed by atoms with Crippen LogP contribution in [0.3, 0.4) is 0 Å². The smallest absolute Gasteiger partial charge is 0.124 e. The molecular formula is C15H18FN3. The maximum absolute atomic E-state index is 13.3. The summed E-state index contributed by atoms with van der Waals surface area (Å²) >= 11 is 0. The third kappa shape index (κ3) is 3.12. The number of hydrogen-bond acceptors (Lipinski definition) is 3. The SMILES string of the molecule is N#Cc1cc(F)cc(CNC2CCN(C3CC3)C2)c1. The Morgan fingerprint density at radius 1 is 1.32 bits per heavy atom. The van der Waals surface area contributed by atoms with Crippen molar-refractivity contribution in [2.75, 3.05) is 13.1 Å². The van der Waals surface area contributed by atoms with Crippen LogP contribution < -0.4 is 5.32 Å². The Morgan fingerprint density at radius 3 is 2.89 bits per heavy atom. The molecule has 1 aromatic carbocycles. The third-order valence-electron chi connectivity index (χ3n) is 3.96. The van der Waals surface area contributed by atoms with Crippen LogP contribution >= 0.6 is 0 Å². The average molecular weight is 259 g/mol. The number of likely N-dealkylation sites (tertiary alicyclic amines) is 1. The highest BCUT2D eigenvalue weighted by atomic mass is 19.1. The molecule has 1 atom stereocenters. The highest BCUT2D eigenvalue weighted by molar-refractivity contribution is 5.33. The fourth-order valence-corrected chi connectivity index (χ4v) is 2.80. The van der Waals surface area contributed by atoms with Gasteiger partial charge < -0.3 is 5.32 Å². The van der Waals surface area contributed by atoms with Crippen molar-refractivity contribution < 1.29 is 4.39 Å². The first kappa shape index (κ1) is 12.6. The van der Waals surface area contributed by atoms with Crippen molar-refractivity contribution in [3.05, 3.63) is 35.1 Å². The van der Waals surface area contributed by atoms with Crippen LogP contribution in [0, 0.1) is 17.1 Å². The third-order valence-corrected chi connectivity index (χ3v) is 3.96. The molecule has 1 saturated heterocycles. The summed E-state index contributed by atoms with van der Waals surface area (Å²) in [5.74, 6) is -0.332. The van der Waals surface area contributed by atoms with Gasteiger partial charge in [0.25, 0.3) is 0 Å². The monoisotopic (exact) mass is 259 g/mol. The van der Waals surface area contributed by atoms with Crippen molar-refractivity contribution in [1.82, 2.24) is 10.2 Å². The van der Waals surface area contributed by atoms with Crippen molar-refractivity contribution in [2.24, 2.45) is 0 Å². The minimum atomic E-state index is -0.332. The molecule has 3 nitrogen and oxygen atoms in total. The van der Waals surface area contributed by atoms with Crippen LogP contribution in [0.25, 0.3) is 0 Å². The molecule has 1 heterocycles. The van der Waals surface area contributed by atoms with E-state index in [9.17, 15) is 4.39 Å². The van der Waals surface area contributed by atoms with Crippen LogP contribution in [0.15, 0.2) is 18.2 Å². The first-order valence-corrected chi connectivity index (χ1v) is 6.91. The summed E-state index contributed by atoms with van der Waals surface area (Å²) < 4.78 is 13.3. The molecule has 4 heteroatoms. The quantitative estimate of drug-likeness (QED) is 0.899. The molecule has 2 fully saturated rings. The molecule has 1 aliphatic heterocycles. The predicted molar refractivity (Wildman–Crippen MR) is 71.0 cm³/mol. The first-order valence-electron chi connectivity index (χ1n) is 6.91. The zero-order valence-electron chi connectivity index (χ0n) is 10.9. The topological polar surface area (TPSA) is 39.1 Å². The molecule has 0 radical (unpaired) electrons. The fraction of sp³-hybridized carbons (Fsp3) is 0.533. The van der Waals surface area contributed by atoms with Crippen molar-refractivity contribution in [3.63, 3.8) is 0 Å². The van der Waals surface area contributed by atoms with Gasteiger partial charge in [-0.25, -0.2) is 4.39 Å². The van der Waals surface area contributed by atoms with Gasteiger partial charge in [0, 0.05) is 31.7 Å². The number of nitrogens with zero attached hydrogens (tertiary/aromatic N) is 2. The van der Waals surface area contributed by atoms with E-state index >= 15 is 0 Å². The summed E-state index contributed by atoms with van der Waals surface area (Å²) in [6.45, 7) is 2.91. The van der Waals surface area contributed by atoms with Crippen molar-refractivity contribution >= 4 is 0 Å². The second-order valence-electron chi connectivity index (χ2n) is 5.55. The molecule has 2 aliphatic rings. The number of benzene rings is 1. The zero-order chi connectivity index (χ0) is 13.2. The molecule has 0 amide bonds. The second-order valence-corrected chi connectivity index (χ2v) is 5.55. The number of nitrogens with one attached hydrogen (secondary N) is 1. The normalized spacial score (nSPS) is 23.5.